The van der Waals surface area contributed by atoms with E-state index in [9.17, 15) is 14.7 Å². The van der Waals surface area contributed by atoms with Crippen molar-refractivity contribution in [3.63, 3.8) is 0 Å². The molecule has 1 amide bonds. The van der Waals surface area contributed by atoms with Crippen molar-refractivity contribution >= 4 is 11.9 Å². The van der Waals surface area contributed by atoms with Gasteiger partial charge in [-0.2, -0.15) is 0 Å². The molecule has 0 aromatic heterocycles. The Hall–Kier alpha value is -4.24. The van der Waals surface area contributed by atoms with Gasteiger partial charge in [-0.25, -0.2) is 5.06 Å². The Bertz CT molecular complexity index is 1310. The number of hydrogen-bond acceptors (Lipinski definition) is 8. The fraction of sp³-hybridized carbons (Fsp3) is 0.355. The molecule has 0 bridgehead atoms. The molecule has 0 saturated heterocycles. The van der Waals surface area contributed by atoms with Gasteiger partial charge in [-0.15, -0.1) is 0 Å². The van der Waals surface area contributed by atoms with Gasteiger partial charge >= 0.3 is 5.97 Å². The summed E-state index contributed by atoms with van der Waals surface area (Å²) in [4.78, 5) is 33.3. The van der Waals surface area contributed by atoms with Gasteiger partial charge in [0.05, 0.1) is 45.8 Å². The van der Waals surface area contributed by atoms with Crippen molar-refractivity contribution < 1.29 is 38.5 Å². The predicted molar refractivity (Wildman–Crippen MR) is 147 cm³/mol. The normalized spacial score (nSPS) is 17.6. The summed E-state index contributed by atoms with van der Waals surface area (Å²) in [7, 11) is 4.71. The molecule has 1 saturated carbocycles. The number of esters is 1. The van der Waals surface area contributed by atoms with Crippen LogP contribution in [0.5, 0.6) is 23.0 Å². The van der Waals surface area contributed by atoms with E-state index in [2.05, 4.69) is 0 Å². The Morgan fingerprint density at radius 3 is 2.17 bits per heavy atom. The number of nitrogens with zero attached hydrogens (tertiary/aromatic N) is 1. The molecule has 3 aromatic rings. The summed E-state index contributed by atoms with van der Waals surface area (Å²) in [5, 5.41) is 11.0. The number of aromatic hydroxyl groups is 1. The van der Waals surface area contributed by atoms with E-state index in [1.165, 1.54) is 5.06 Å². The number of phenols is 1. The van der Waals surface area contributed by atoms with Crippen molar-refractivity contribution in [2.45, 2.75) is 32.9 Å². The highest BCUT2D eigenvalue weighted by Crippen LogP contribution is 2.57. The van der Waals surface area contributed by atoms with Crippen LogP contribution in [0, 0.1) is 11.3 Å². The third-order valence-corrected chi connectivity index (χ3v) is 7.11. The number of ether oxygens (including phenoxy) is 4. The van der Waals surface area contributed by atoms with E-state index in [1.54, 1.807) is 64.7 Å². The van der Waals surface area contributed by atoms with Crippen molar-refractivity contribution in [2.75, 3.05) is 27.9 Å². The number of carbonyl (C=O) groups is 2. The molecule has 0 radical (unpaired) electrons. The number of methoxy groups -OCH3 is 3. The largest absolute Gasteiger partial charge is 0.508 e. The Kier molecular flexibility index (Phi) is 9.16. The van der Waals surface area contributed by atoms with Crippen LogP contribution in [0.25, 0.3) is 0 Å². The third-order valence-electron chi connectivity index (χ3n) is 7.11. The van der Waals surface area contributed by atoms with Crippen LogP contribution in [-0.4, -0.2) is 50.0 Å². The Labute approximate surface area is 234 Å². The van der Waals surface area contributed by atoms with Gasteiger partial charge in [0, 0.05) is 11.6 Å². The lowest BCUT2D eigenvalue weighted by Crippen LogP contribution is -2.36. The monoisotopic (exact) mass is 549 g/mol. The maximum absolute atomic E-state index is 14.0. The number of phenolic OH excluding ortho intramolecular Hbond substituents is 1. The molecule has 0 aliphatic heterocycles. The summed E-state index contributed by atoms with van der Waals surface area (Å²) >= 11 is 0. The van der Waals surface area contributed by atoms with Crippen molar-refractivity contribution in [3.8, 4) is 23.0 Å². The van der Waals surface area contributed by atoms with Crippen LogP contribution >= 0.6 is 0 Å². The van der Waals surface area contributed by atoms with E-state index in [0.717, 1.165) is 11.1 Å². The molecule has 2 unspecified atom stereocenters. The highest BCUT2D eigenvalue weighted by Gasteiger charge is 2.65. The minimum absolute atomic E-state index is 0.0940. The van der Waals surface area contributed by atoms with Gasteiger partial charge in [-0.05, 0) is 67.3 Å². The molecular weight excluding hydrogens is 514 g/mol. The van der Waals surface area contributed by atoms with Crippen LogP contribution in [-0.2, 0) is 38.7 Å². The Morgan fingerprint density at radius 2 is 1.55 bits per heavy atom. The maximum atomic E-state index is 14.0. The molecular formula is C31H35NO8. The smallest absolute Gasteiger partial charge is 0.313 e. The molecule has 1 fully saturated rings. The second kappa shape index (κ2) is 12.7. The first-order valence-electron chi connectivity index (χ1n) is 13.1. The number of benzene rings is 3. The van der Waals surface area contributed by atoms with Gasteiger partial charge in [0.1, 0.15) is 29.6 Å². The molecule has 212 valence electrons. The van der Waals surface area contributed by atoms with Gasteiger partial charge in [-0.3, -0.25) is 14.4 Å². The Morgan fingerprint density at radius 1 is 0.900 bits per heavy atom. The number of carbonyl (C=O) groups excluding carboxylic acids is 2. The molecule has 9 heteroatoms. The molecule has 4 rings (SSSR count). The molecule has 0 heterocycles. The summed E-state index contributed by atoms with van der Waals surface area (Å²) in [6.07, 6.45) is 0.633. The molecule has 1 aliphatic carbocycles. The van der Waals surface area contributed by atoms with Crippen LogP contribution in [0.2, 0.25) is 0 Å². The van der Waals surface area contributed by atoms with Crippen molar-refractivity contribution in [2.24, 2.45) is 11.3 Å². The van der Waals surface area contributed by atoms with Crippen LogP contribution in [0.4, 0.5) is 0 Å². The second-order valence-corrected chi connectivity index (χ2v) is 9.65. The van der Waals surface area contributed by atoms with Gasteiger partial charge in [0.2, 0.25) is 0 Å². The molecule has 2 atom stereocenters. The van der Waals surface area contributed by atoms with Crippen LogP contribution in [0.15, 0.2) is 66.7 Å². The van der Waals surface area contributed by atoms with Gasteiger partial charge in [0.25, 0.3) is 5.91 Å². The standard InChI is InChI=1S/C31H35NO8/c1-5-39-30(35)31(17-21-6-11-24(33)12-7-21)18-27(31)29(34)32(40-20-22-8-13-25(36-2)14-9-22)19-23-10-15-26(37-3)16-28(23)38-4/h6-16,27,33H,5,17-20H2,1-4H3. The molecule has 40 heavy (non-hydrogen) atoms. The fourth-order valence-electron chi connectivity index (χ4n) is 4.75. The first-order valence-corrected chi connectivity index (χ1v) is 13.1. The zero-order chi connectivity index (χ0) is 28.7. The second-order valence-electron chi connectivity index (χ2n) is 9.65. The molecule has 1 aliphatic rings. The summed E-state index contributed by atoms with van der Waals surface area (Å²) in [5.74, 6) is 0.629. The van der Waals surface area contributed by atoms with Gasteiger partial charge in [0.15, 0.2) is 0 Å². The number of amides is 1. The SMILES string of the molecule is CCOC(=O)C1(Cc2ccc(O)cc2)CC1C(=O)N(Cc1ccc(OC)cc1OC)OCc1ccc(OC)cc1. The zero-order valence-corrected chi connectivity index (χ0v) is 23.2. The lowest BCUT2D eigenvalue weighted by molar-refractivity contribution is -0.198. The van der Waals surface area contributed by atoms with Crippen molar-refractivity contribution in [1.29, 1.82) is 0 Å². The van der Waals surface area contributed by atoms with E-state index in [4.69, 9.17) is 23.8 Å². The maximum Gasteiger partial charge on any atom is 0.313 e. The van der Waals surface area contributed by atoms with Crippen molar-refractivity contribution in [3.05, 3.63) is 83.4 Å². The van der Waals surface area contributed by atoms with Gasteiger partial charge in [-0.1, -0.05) is 24.3 Å². The summed E-state index contributed by atoms with van der Waals surface area (Å²) in [6, 6.07) is 19.3. The quantitative estimate of drug-likeness (QED) is 0.242. The van der Waals surface area contributed by atoms with E-state index < -0.39 is 17.3 Å². The number of rotatable bonds is 13. The lowest BCUT2D eigenvalue weighted by Gasteiger charge is -2.25. The molecule has 1 N–H and O–H groups in total. The Balaban J connectivity index is 1.60. The minimum atomic E-state index is -1.02. The van der Waals surface area contributed by atoms with Crippen LogP contribution in [0.3, 0.4) is 0 Å². The number of hydroxylamine groups is 2. The zero-order valence-electron chi connectivity index (χ0n) is 23.2. The number of hydrogen-bond donors (Lipinski definition) is 1. The van der Waals surface area contributed by atoms with E-state index in [0.29, 0.717) is 35.7 Å². The highest BCUT2D eigenvalue weighted by molar-refractivity contribution is 5.93. The van der Waals surface area contributed by atoms with E-state index in [-0.39, 0.29) is 31.4 Å². The first kappa shape index (κ1) is 28.8. The van der Waals surface area contributed by atoms with Crippen LogP contribution < -0.4 is 14.2 Å². The summed E-state index contributed by atoms with van der Waals surface area (Å²) in [5.41, 5.74) is 1.36. The molecule has 0 spiro atoms. The van der Waals surface area contributed by atoms with E-state index in [1.807, 2.05) is 30.3 Å². The molecule has 3 aromatic carbocycles. The topological polar surface area (TPSA) is 104 Å². The average molecular weight is 550 g/mol. The average Bonchev–Trinajstić information content (AvgIpc) is 3.71. The van der Waals surface area contributed by atoms with Gasteiger partial charge < -0.3 is 24.1 Å². The van der Waals surface area contributed by atoms with Crippen LogP contribution in [0.1, 0.15) is 30.0 Å². The third kappa shape index (κ3) is 6.48. The minimum Gasteiger partial charge on any atom is -0.508 e. The lowest BCUT2D eigenvalue weighted by atomic mass is 9.93. The van der Waals surface area contributed by atoms with Crippen molar-refractivity contribution in [1.82, 2.24) is 5.06 Å². The molecule has 9 nitrogen and oxygen atoms in total. The summed E-state index contributed by atoms with van der Waals surface area (Å²) < 4.78 is 21.5. The first-order chi connectivity index (χ1) is 19.3. The fourth-order valence-corrected chi connectivity index (χ4v) is 4.75. The van der Waals surface area contributed by atoms with E-state index >= 15 is 0 Å². The highest BCUT2D eigenvalue weighted by atomic mass is 16.7. The summed E-state index contributed by atoms with van der Waals surface area (Å²) in [6.45, 7) is 2.17. The predicted octanol–water partition coefficient (Wildman–Crippen LogP) is 4.69.